The Morgan fingerprint density at radius 2 is 1.73 bits per heavy atom. The zero-order valence-corrected chi connectivity index (χ0v) is 17.3. The highest BCUT2D eigenvalue weighted by Crippen LogP contribution is 2.35. The summed E-state index contributed by atoms with van der Waals surface area (Å²) < 4.78 is 10.5. The summed E-state index contributed by atoms with van der Waals surface area (Å²) >= 11 is 12.4. The summed E-state index contributed by atoms with van der Waals surface area (Å²) in [6, 6.07) is 8.39. The van der Waals surface area contributed by atoms with E-state index in [1.165, 1.54) is 37.5 Å². The molecule has 0 aliphatic carbocycles. The molecule has 2 aromatic carbocycles. The van der Waals surface area contributed by atoms with Crippen LogP contribution >= 0.6 is 23.2 Å². The van der Waals surface area contributed by atoms with Gasteiger partial charge >= 0.3 is 6.03 Å². The Kier molecular flexibility index (Phi) is 6.44. The normalized spacial score (nSPS) is 15.2. The number of nitrogens with one attached hydrogen (secondary N) is 1. The van der Waals surface area contributed by atoms with E-state index in [-0.39, 0.29) is 33.7 Å². The van der Waals surface area contributed by atoms with Gasteiger partial charge in [0.25, 0.3) is 11.8 Å². The van der Waals surface area contributed by atoms with Gasteiger partial charge in [-0.3, -0.25) is 14.9 Å². The Hall–Kier alpha value is -3.29. The van der Waals surface area contributed by atoms with Crippen LogP contribution in [0.25, 0.3) is 6.08 Å². The fraction of sp³-hybridized carbons (Fsp3) is 0.0952. The van der Waals surface area contributed by atoms with Crippen LogP contribution in [-0.4, -0.2) is 31.6 Å². The van der Waals surface area contributed by atoms with E-state index in [0.717, 1.165) is 4.90 Å². The minimum atomic E-state index is -0.850. The van der Waals surface area contributed by atoms with E-state index >= 15 is 0 Å². The quantitative estimate of drug-likeness (QED) is 0.407. The first-order valence-electron chi connectivity index (χ1n) is 8.64. The monoisotopic (exact) mass is 446 g/mol. The number of ether oxygens (including phenoxy) is 2. The van der Waals surface area contributed by atoms with Gasteiger partial charge in [0.15, 0.2) is 5.75 Å². The fourth-order valence-corrected chi connectivity index (χ4v) is 3.35. The molecule has 1 N–H and O–H groups in total. The predicted molar refractivity (Wildman–Crippen MR) is 114 cm³/mol. The number of rotatable bonds is 6. The molecule has 1 fully saturated rings. The maximum atomic E-state index is 12.9. The van der Waals surface area contributed by atoms with Gasteiger partial charge in [-0.1, -0.05) is 35.9 Å². The number of carbonyl (C=O) groups excluding carboxylic acids is 3. The summed E-state index contributed by atoms with van der Waals surface area (Å²) in [5.74, 6) is -0.796. The van der Waals surface area contributed by atoms with E-state index in [2.05, 4.69) is 11.9 Å². The number of methoxy groups -OCH3 is 1. The van der Waals surface area contributed by atoms with Gasteiger partial charge < -0.3 is 9.47 Å². The summed E-state index contributed by atoms with van der Waals surface area (Å²) in [5, 5.41) is 2.55. The molecule has 154 valence electrons. The van der Waals surface area contributed by atoms with E-state index in [9.17, 15) is 14.4 Å². The van der Waals surface area contributed by atoms with Crippen molar-refractivity contribution in [1.82, 2.24) is 5.32 Å². The number of carbonyl (C=O) groups is 3. The Balaban J connectivity index is 1.97. The topological polar surface area (TPSA) is 84.9 Å². The second-order valence-electron chi connectivity index (χ2n) is 6.07. The number of barbiturate groups is 1. The molecule has 30 heavy (non-hydrogen) atoms. The zero-order chi connectivity index (χ0) is 21.8. The first kappa shape index (κ1) is 21.4. The number of urea groups is 1. The molecule has 4 amide bonds. The number of imide groups is 2. The zero-order valence-electron chi connectivity index (χ0n) is 15.8. The number of amides is 4. The van der Waals surface area contributed by atoms with Crippen LogP contribution < -0.4 is 19.7 Å². The lowest BCUT2D eigenvalue weighted by Gasteiger charge is -2.26. The molecule has 1 aliphatic heterocycles. The van der Waals surface area contributed by atoms with Crippen LogP contribution in [-0.2, 0) is 9.59 Å². The third-order valence-electron chi connectivity index (χ3n) is 4.11. The highest BCUT2D eigenvalue weighted by Gasteiger charge is 2.36. The molecule has 0 spiro atoms. The highest BCUT2D eigenvalue weighted by atomic mass is 35.5. The van der Waals surface area contributed by atoms with Gasteiger partial charge in [-0.25, -0.2) is 9.69 Å². The molecule has 3 rings (SSSR count). The molecule has 1 aliphatic rings. The minimum Gasteiger partial charge on any atom is -0.497 e. The lowest BCUT2D eigenvalue weighted by atomic mass is 10.1. The molecule has 9 heteroatoms. The summed E-state index contributed by atoms with van der Waals surface area (Å²) in [5.41, 5.74) is 0.414. The summed E-state index contributed by atoms with van der Waals surface area (Å²) in [7, 11) is 1.50. The molecular weight excluding hydrogens is 431 g/mol. The van der Waals surface area contributed by atoms with E-state index in [0.29, 0.717) is 11.3 Å². The Labute approximate surface area is 182 Å². The molecule has 0 atom stereocenters. The molecule has 2 aromatic rings. The van der Waals surface area contributed by atoms with Crippen LogP contribution in [0.15, 0.2) is 54.6 Å². The Bertz CT molecular complexity index is 1040. The van der Waals surface area contributed by atoms with Gasteiger partial charge in [0.2, 0.25) is 0 Å². The van der Waals surface area contributed by atoms with Crippen molar-refractivity contribution in [2.45, 2.75) is 0 Å². The first-order valence-corrected chi connectivity index (χ1v) is 9.39. The average Bonchev–Trinajstić information content (AvgIpc) is 2.71. The van der Waals surface area contributed by atoms with Crippen molar-refractivity contribution >= 4 is 52.8 Å². The van der Waals surface area contributed by atoms with Crippen molar-refractivity contribution in [3.63, 3.8) is 0 Å². The van der Waals surface area contributed by atoms with Gasteiger partial charge in [-0.05, 0) is 48.0 Å². The maximum Gasteiger partial charge on any atom is 0.335 e. The standard InChI is InChI=1S/C21H16Cl2N2O5/c1-3-8-30-18-16(22)10-12(11-17(18)23)9-15-19(26)24-21(28)25(20(15)27)13-4-6-14(29-2)7-5-13/h3-7,9-11H,1,8H2,2H3,(H,24,26,28). The van der Waals surface area contributed by atoms with Gasteiger partial charge in [0, 0.05) is 0 Å². The minimum absolute atomic E-state index is 0.197. The molecule has 0 unspecified atom stereocenters. The average molecular weight is 447 g/mol. The summed E-state index contributed by atoms with van der Waals surface area (Å²) in [4.78, 5) is 38.4. The maximum absolute atomic E-state index is 12.9. The number of hydrogen-bond acceptors (Lipinski definition) is 5. The van der Waals surface area contributed by atoms with Crippen molar-refractivity contribution in [3.05, 3.63) is 70.2 Å². The Morgan fingerprint density at radius 1 is 1.10 bits per heavy atom. The van der Waals surface area contributed by atoms with Crippen LogP contribution in [0.5, 0.6) is 11.5 Å². The molecule has 1 saturated heterocycles. The van der Waals surface area contributed by atoms with E-state index < -0.39 is 17.8 Å². The van der Waals surface area contributed by atoms with Gasteiger partial charge in [-0.15, -0.1) is 0 Å². The van der Waals surface area contributed by atoms with Crippen LogP contribution in [0.1, 0.15) is 5.56 Å². The second kappa shape index (κ2) is 9.02. The second-order valence-corrected chi connectivity index (χ2v) is 6.88. The van der Waals surface area contributed by atoms with Crippen LogP contribution in [0, 0.1) is 0 Å². The van der Waals surface area contributed by atoms with Crippen molar-refractivity contribution in [2.75, 3.05) is 18.6 Å². The molecule has 1 heterocycles. The molecule has 0 aromatic heterocycles. The number of anilines is 1. The van der Waals surface area contributed by atoms with Crippen LogP contribution in [0.3, 0.4) is 0 Å². The third kappa shape index (κ3) is 4.32. The summed E-state index contributed by atoms with van der Waals surface area (Å²) in [6.07, 6.45) is 2.84. The largest absolute Gasteiger partial charge is 0.497 e. The summed E-state index contributed by atoms with van der Waals surface area (Å²) in [6.45, 7) is 3.76. The van der Waals surface area contributed by atoms with E-state index in [4.69, 9.17) is 32.7 Å². The van der Waals surface area contributed by atoms with Crippen molar-refractivity contribution in [2.24, 2.45) is 0 Å². The Morgan fingerprint density at radius 3 is 2.30 bits per heavy atom. The van der Waals surface area contributed by atoms with Crippen molar-refractivity contribution in [1.29, 1.82) is 0 Å². The van der Waals surface area contributed by atoms with Crippen LogP contribution in [0.4, 0.5) is 10.5 Å². The van der Waals surface area contributed by atoms with Gasteiger partial charge in [0.05, 0.1) is 22.8 Å². The number of hydrogen-bond donors (Lipinski definition) is 1. The number of halogens is 2. The third-order valence-corrected chi connectivity index (χ3v) is 4.67. The lowest BCUT2D eigenvalue weighted by Crippen LogP contribution is -2.54. The number of benzene rings is 2. The molecule has 0 radical (unpaired) electrons. The van der Waals surface area contributed by atoms with Gasteiger partial charge in [0.1, 0.15) is 17.9 Å². The van der Waals surface area contributed by atoms with Crippen LogP contribution in [0.2, 0.25) is 10.0 Å². The number of nitrogens with zero attached hydrogens (tertiary/aromatic N) is 1. The molecule has 0 saturated carbocycles. The molecular formula is C21H16Cl2N2O5. The first-order chi connectivity index (χ1) is 14.3. The molecule has 0 bridgehead atoms. The fourth-order valence-electron chi connectivity index (χ4n) is 2.73. The van der Waals surface area contributed by atoms with E-state index in [1.807, 2.05) is 0 Å². The molecule has 7 nitrogen and oxygen atoms in total. The van der Waals surface area contributed by atoms with Crippen molar-refractivity contribution < 1.29 is 23.9 Å². The van der Waals surface area contributed by atoms with Crippen molar-refractivity contribution in [3.8, 4) is 11.5 Å². The highest BCUT2D eigenvalue weighted by molar-refractivity contribution is 6.40. The lowest BCUT2D eigenvalue weighted by molar-refractivity contribution is -0.122. The smallest absolute Gasteiger partial charge is 0.335 e. The van der Waals surface area contributed by atoms with E-state index in [1.54, 1.807) is 18.2 Å². The van der Waals surface area contributed by atoms with Gasteiger partial charge in [-0.2, -0.15) is 0 Å². The SMILES string of the molecule is C=CCOc1c(Cl)cc(C=C2C(=O)NC(=O)N(c3ccc(OC)cc3)C2=O)cc1Cl. The predicted octanol–water partition coefficient (Wildman–Crippen LogP) is 4.23.